The second-order valence-electron chi connectivity index (χ2n) is 7.00. The first-order chi connectivity index (χ1) is 14.0. The first-order valence-corrected chi connectivity index (χ1v) is 9.39. The number of esters is 1. The average molecular weight is 390 g/mol. The second kappa shape index (κ2) is 7.83. The van der Waals surface area contributed by atoms with Crippen molar-refractivity contribution in [2.45, 2.75) is 27.3 Å². The van der Waals surface area contributed by atoms with Crippen molar-refractivity contribution in [2.75, 3.05) is 6.79 Å². The van der Waals surface area contributed by atoms with Crippen LogP contribution in [0.15, 0.2) is 48.5 Å². The van der Waals surface area contributed by atoms with Crippen LogP contribution in [0.4, 0.5) is 0 Å². The van der Waals surface area contributed by atoms with E-state index >= 15 is 0 Å². The van der Waals surface area contributed by atoms with E-state index in [2.05, 4.69) is 36.3 Å². The lowest BCUT2D eigenvalue weighted by molar-refractivity contribution is -0.128. The smallest absolute Gasteiger partial charge is 0.336 e. The van der Waals surface area contributed by atoms with Gasteiger partial charge in [0.2, 0.25) is 6.79 Å². The highest BCUT2D eigenvalue weighted by molar-refractivity contribution is 5.89. The van der Waals surface area contributed by atoms with Crippen LogP contribution in [0.1, 0.15) is 28.1 Å². The summed E-state index contributed by atoms with van der Waals surface area (Å²) < 4.78 is 17.9. The molecule has 0 N–H and O–H groups in total. The van der Waals surface area contributed by atoms with Crippen LogP contribution in [0.3, 0.4) is 0 Å². The van der Waals surface area contributed by atoms with Gasteiger partial charge in [-0.1, -0.05) is 29.8 Å². The van der Waals surface area contributed by atoms with Crippen LogP contribution < -0.4 is 14.2 Å². The number of benzene rings is 2. The van der Waals surface area contributed by atoms with E-state index in [1.54, 1.807) is 24.3 Å². The van der Waals surface area contributed by atoms with Crippen LogP contribution in [0.25, 0.3) is 6.08 Å². The first kappa shape index (κ1) is 18.8. The van der Waals surface area contributed by atoms with Gasteiger partial charge >= 0.3 is 5.97 Å². The van der Waals surface area contributed by atoms with Crippen LogP contribution >= 0.6 is 0 Å². The Morgan fingerprint density at radius 1 is 1.10 bits per heavy atom. The number of aryl methyl sites for hydroxylation is 2. The minimum absolute atomic E-state index is 0.178. The van der Waals surface area contributed by atoms with E-state index in [1.807, 2.05) is 18.5 Å². The van der Waals surface area contributed by atoms with Gasteiger partial charge in [0.05, 0.1) is 12.2 Å². The summed E-state index contributed by atoms with van der Waals surface area (Å²) in [5, 5.41) is 4.61. The van der Waals surface area contributed by atoms with Gasteiger partial charge in [-0.05, 0) is 44.5 Å². The molecule has 0 spiro atoms. The largest absolute Gasteiger partial charge is 0.454 e. The zero-order valence-electron chi connectivity index (χ0n) is 16.6. The van der Waals surface area contributed by atoms with Gasteiger partial charge in [-0.3, -0.25) is 4.68 Å². The van der Waals surface area contributed by atoms with Gasteiger partial charge in [-0.2, -0.15) is 5.10 Å². The van der Waals surface area contributed by atoms with Crippen molar-refractivity contribution in [3.05, 3.63) is 76.6 Å². The molecule has 148 valence electrons. The Bertz CT molecular complexity index is 1080. The van der Waals surface area contributed by atoms with Crippen LogP contribution in [-0.4, -0.2) is 22.5 Å². The fourth-order valence-electron chi connectivity index (χ4n) is 3.21. The lowest BCUT2D eigenvalue weighted by Gasteiger charge is -2.05. The Morgan fingerprint density at radius 3 is 2.66 bits per heavy atom. The van der Waals surface area contributed by atoms with Crippen molar-refractivity contribution in [3.63, 3.8) is 0 Å². The van der Waals surface area contributed by atoms with Crippen LogP contribution in [-0.2, 0) is 11.3 Å². The molecule has 6 nitrogen and oxygen atoms in total. The molecule has 0 bridgehead atoms. The fourth-order valence-corrected chi connectivity index (χ4v) is 3.21. The van der Waals surface area contributed by atoms with E-state index < -0.39 is 5.97 Å². The number of nitrogens with zero attached hydrogens (tertiary/aromatic N) is 2. The molecule has 6 heteroatoms. The average Bonchev–Trinajstić information content (AvgIpc) is 3.26. The van der Waals surface area contributed by atoms with E-state index in [0.717, 1.165) is 17.0 Å². The Morgan fingerprint density at radius 2 is 1.86 bits per heavy atom. The maximum absolute atomic E-state index is 12.2. The van der Waals surface area contributed by atoms with Crippen molar-refractivity contribution in [3.8, 4) is 17.2 Å². The Kier molecular flexibility index (Phi) is 5.08. The molecule has 0 aliphatic carbocycles. The summed E-state index contributed by atoms with van der Waals surface area (Å²) in [4.78, 5) is 12.2. The predicted octanol–water partition coefficient (Wildman–Crippen LogP) is 4.20. The first-order valence-electron chi connectivity index (χ1n) is 9.39. The van der Waals surface area contributed by atoms with Gasteiger partial charge in [-0.25, -0.2) is 4.79 Å². The van der Waals surface area contributed by atoms with Crippen LogP contribution in [0.5, 0.6) is 17.2 Å². The molecule has 0 unspecified atom stereocenters. The maximum atomic E-state index is 12.2. The van der Waals surface area contributed by atoms with E-state index in [1.165, 1.54) is 17.2 Å². The third kappa shape index (κ3) is 4.16. The maximum Gasteiger partial charge on any atom is 0.336 e. The van der Waals surface area contributed by atoms with Gasteiger partial charge < -0.3 is 14.2 Å². The normalized spacial score (nSPS) is 12.5. The summed E-state index contributed by atoms with van der Waals surface area (Å²) in [7, 11) is 0. The molecular weight excluding hydrogens is 368 g/mol. The summed E-state index contributed by atoms with van der Waals surface area (Å²) >= 11 is 0. The third-order valence-corrected chi connectivity index (χ3v) is 4.84. The van der Waals surface area contributed by atoms with Crippen molar-refractivity contribution in [2.24, 2.45) is 0 Å². The Balaban J connectivity index is 1.45. The predicted molar refractivity (Wildman–Crippen MR) is 109 cm³/mol. The minimum Gasteiger partial charge on any atom is -0.454 e. The summed E-state index contributed by atoms with van der Waals surface area (Å²) in [6.07, 6.45) is 3.16. The van der Waals surface area contributed by atoms with Crippen LogP contribution in [0.2, 0.25) is 0 Å². The van der Waals surface area contributed by atoms with Gasteiger partial charge in [0.25, 0.3) is 0 Å². The number of hydrogen-bond acceptors (Lipinski definition) is 5. The summed E-state index contributed by atoms with van der Waals surface area (Å²) in [6, 6.07) is 13.4. The highest BCUT2D eigenvalue weighted by atomic mass is 16.7. The van der Waals surface area contributed by atoms with Gasteiger partial charge in [0.1, 0.15) is 5.75 Å². The van der Waals surface area contributed by atoms with Gasteiger partial charge in [0, 0.05) is 23.4 Å². The number of ether oxygens (including phenoxy) is 3. The molecule has 3 aromatic rings. The van der Waals surface area contributed by atoms with Crippen molar-refractivity contribution >= 4 is 12.0 Å². The number of aromatic nitrogens is 2. The molecule has 0 radical (unpaired) electrons. The molecule has 0 saturated heterocycles. The summed E-state index contributed by atoms with van der Waals surface area (Å²) in [5.41, 5.74) is 5.18. The highest BCUT2D eigenvalue weighted by Gasteiger charge is 2.15. The number of hydrogen-bond donors (Lipinski definition) is 0. The second-order valence-corrected chi connectivity index (χ2v) is 7.00. The zero-order chi connectivity index (χ0) is 20.4. The van der Waals surface area contributed by atoms with Gasteiger partial charge in [-0.15, -0.1) is 0 Å². The molecule has 4 rings (SSSR count). The lowest BCUT2D eigenvalue weighted by atomic mass is 10.1. The SMILES string of the molecule is Cc1ccc(Cn2nc(C)c(/C=C/C(=O)Oc3ccc4c(c3)OCO4)c2C)cc1. The molecule has 2 aromatic carbocycles. The zero-order valence-corrected chi connectivity index (χ0v) is 16.6. The fraction of sp³-hybridized carbons (Fsp3) is 0.217. The topological polar surface area (TPSA) is 62.6 Å². The molecular formula is C23H22N2O4. The molecule has 1 aromatic heterocycles. The van der Waals surface area contributed by atoms with E-state index in [0.29, 0.717) is 23.8 Å². The third-order valence-electron chi connectivity index (χ3n) is 4.84. The molecule has 0 fully saturated rings. The van der Waals surface area contributed by atoms with E-state index in [-0.39, 0.29) is 6.79 Å². The minimum atomic E-state index is -0.464. The molecule has 1 aliphatic heterocycles. The Labute approximate surface area is 169 Å². The molecule has 29 heavy (non-hydrogen) atoms. The lowest BCUT2D eigenvalue weighted by Crippen LogP contribution is -2.04. The van der Waals surface area contributed by atoms with Crippen molar-refractivity contribution < 1.29 is 19.0 Å². The summed E-state index contributed by atoms with van der Waals surface area (Å²) in [6.45, 7) is 6.86. The van der Waals surface area contributed by atoms with Gasteiger partial charge in [0.15, 0.2) is 11.5 Å². The molecule has 2 heterocycles. The number of carbonyl (C=O) groups excluding carboxylic acids is 1. The van der Waals surface area contributed by atoms with Crippen LogP contribution in [0, 0.1) is 20.8 Å². The van der Waals surface area contributed by atoms with E-state index in [4.69, 9.17) is 14.2 Å². The quantitative estimate of drug-likeness (QED) is 0.371. The monoisotopic (exact) mass is 390 g/mol. The number of rotatable bonds is 5. The summed E-state index contributed by atoms with van der Waals surface area (Å²) in [5.74, 6) is 1.16. The number of carbonyl (C=O) groups is 1. The molecule has 0 amide bonds. The Hall–Kier alpha value is -3.54. The molecule has 1 aliphatic rings. The standard InChI is InChI=1S/C23H22N2O4/c1-15-4-6-18(7-5-15)13-25-17(3)20(16(2)24-25)9-11-23(26)29-19-8-10-21-22(12-19)28-14-27-21/h4-12H,13-14H2,1-3H3/b11-9+. The highest BCUT2D eigenvalue weighted by Crippen LogP contribution is 2.35. The van der Waals surface area contributed by atoms with Crippen molar-refractivity contribution in [1.82, 2.24) is 9.78 Å². The number of fused-ring (bicyclic) bond motifs is 1. The molecule has 0 atom stereocenters. The van der Waals surface area contributed by atoms with E-state index in [9.17, 15) is 4.79 Å². The molecule has 0 saturated carbocycles. The van der Waals surface area contributed by atoms with Crippen molar-refractivity contribution in [1.29, 1.82) is 0 Å².